The van der Waals surface area contributed by atoms with Crippen LogP contribution in [0.2, 0.25) is 0 Å². The molecule has 31 heavy (non-hydrogen) atoms. The lowest BCUT2D eigenvalue weighted by atomic mass is 10.1. The first-order valence-electron chi connectivity index (χ1n) is 9.42. The van der Waals surface area contributed by atoms with Gasteiger partial charge in [0.2, 0.25) is 0 Å². The molecule has 3 aromatic carbocycles. The zero-order valence-corrected chi connectivity index (χ0v) is 18.2. The molecule has 4 rings (SSSR count). The van der Waals surface area contributed by atoms with Crippen LogP contribution in [0.3, 0.4) is 0 Å². The summed E-state index contributed by atoms with van der Waals surface area (Å²) in [5.41, 5.74) is 3.00. The van der Waals surface area contributed by atoms with Gasteiger partial charge in [-0.25, -0.2) is 9.97 Å². The highest BCUT2D eigenvalue weighted by atomic mass is 79.9. The number of amides is 1. The summed E-state index contributed by atoms with van der Waals surface area (Å²) in [6.07, 6.45) is 3.37. The Balaban J connectivity index is 1.41. The van der Waals surface area contributed by atoms with Crippen molar-refractivity contribution in [3.63, 3.8) is 0 Å². The highest BCUT2D eigenvalue weighted by molar-refractivity contribution is 9.10. The van der Waals surface area contributed by atoms with Crippen LogP contribution in [0.25, 0.3) is 11.1 Å². The Hall–Kier alpha value is -3.71. The van der Waals surface area contributed by atoms with Gasteiger partial charge in [-0.1, -0.05) is 34.1 Å². The van der Waals surface area contributed by atoms with E-state index in [-0.39, 0.29) is 11.9 Å². The first kappa shape index (κ1) is 20.6. The maximum atomic E-state index is 12.5. The molecule has 0 aliphatic rings. The van der Waals surface area contributed by atoms with Crippen molar-refractivity contribution in [2.45, 2.75) is 0 Å². The van der Waals surface area contributed by atoms with Crippen molar-refractivity contribution in [2.75, 3.05) is 12.4 Å². The van der Waals surface area contributed by atoms with Gasteiger partial charge in [0.05, 0.1) is 7.11 Å². The highest BCUT2D eigenvalue weighted by Gasteiger charge is 2.08. The lowest BCUT2D eigenvalue weighted by Gasteiger charge is -2.08. The molecule has 1 heterocycles. The number of methoxy groups -OCH3 is 1. The van der Waals surface area contributed by atoms with Gasteiger partial charge >= 0.3 is 6.01 Å². The first-order valence-corrected chi connectivity index (χ1v) is 10.2. The van der Waals surface area contributed by atoms with E-state index in [1.54, 1.807) is 55.9 Å². The van der Waals surface area contributed by atoms with Crippen LogP contribution in [0.1, 0.15) is 10.4 Å². The van der Waals surface area contributed by atoms with Gasteiger partial charge < -0.3 is 14.8 Å². The molecule has 0 aliphatic carbocycles. The Morgan fingerprint density at radius 3 is 2.19 bits per heavy atom. The molecule has 7 heteroatoms. The fourth-order valence-corrected chi connectivity index (χ4v) is 3.25. The molecule has 1 aromatic heterocycles. The molecular formula is C24H18BrN3O3. The van der Waals surface area contributed by atoms with E-state index >= 15 is 0 Å². The third kappa shape index (κ3) is 5.26. The number of rotatable bonds is 6. The van der Waals surface area contributed by atoms with Gasteiger partial charge in [0.15, 0.2) is 0 Å². The second kappa shape index (κ2) is 9.40. The number of carbonyl (C=O) groups is 1. The standard InChI is InChI=1S/C24H18BrN3O3/c1-30-21-9-11-22(12-10-21)31-24-26-14-18(15-27-24)16-5-7-17(8-6-16)23(29)28-20-4-2-3-19(25)13-20/h2-15H,1H3,(H,28,29). The van der Waals surface area contributed by atoms with Crippen LogP contribution < -0.4 is 14.8 Å². The fraction of sp³-hybridized carbons (Fsp3) is 0.0417. The quantitative estimate of drug-likeness (QED) is 0.372. The number of carbonyl (C=O) groups excluding carboxylic acids is 1. The third-order valence-corrected chi connectivity index (χ3v) is 4.95. The minimum absolute atomic E-state index is 0.177. The predicted octanol–water partition coefficient (Wildman–Crippen LogP) is 5.96. The minimum atomic E-state index is -0.177. The van der Waals surface area contributed by atoms with Crippen LogP contribution in [0, 0.1) is 0 Å². The van der Waals surface area contributed by atoms with E-state index in [1.807, 2.05) is 36.4 Å². The number of nitrogens with zero attached hydrogens (tertiary/aromatic N) is 2. The highest BCUT2D eigenvalue weighted by Crippen LogP contribution is 2.24. The van der Waals surface area contributed by atoms with E-state index < -0.39 is 0 Å². The molecule has 1 amide bonds. The average Bonchev–Trinajstić information content (AvgIpc) is 2.80. The van der Waals surface area contributed by atoms with Crippen molar-refractivity contribution >= 4 is 27.5 Å². The summed E-state index contributed by atoms with van der Waals surface area (Å²) < 4.78 is 11.7. The van der Waals surface area contributed by atoms with Gasteiger partial charge in [-0.05, 0) is 60.2 Å². The van der Waals surface area contributed by atoms with Crippen molar-refractivity contribution in [3.8, 4) is 28.6 Å². The Morgan fingerprint density at radius 1 is 0.871 bits per heavy atom. The van der Waals surface area contributed by atoms with Crippen LogP contribution in [0.4, 0.5) is 5.69 Å². The molecule has 6 nitrogen and oxygen atoms in total. The average molecular weight is 476 g/mol. The minimum Gasteiger partial charge on any atom is -0.497 e. The van der Waals surface area contributed by atoms with Crippen molar-refractivity contribution in [2.24, 2.45) is 0 Å². The van der Waals surface area contributed by atoms with Gasteiger partial charge in [-0.15, -0.1) is 0 Å². The number of hydrogen-bond acceptors (Lipinski definition) is 5. The number of halogens is 1. The lowest BCUT2D eigenvalue weighted by molar-refractivity contribution is 0.102. The van der Waals surface area contributed by atoms with Gasteiger partial charge in [-0.2, -0.15) is 0 Å². The van der Waals surface area contributed by atoms with Crippen LogP contribution in [-0.4, -0.2) is 23.0 Å². The number of nitrogens with one attached hydrogen (secondary N) is 1. The molecule has 0 fully saturated rings. The van der Waals surface area contributed by atoms with Crippen molar-refractivity contribution < 1.29 is 14.3 Å². The molecular weight excluding hydrogens is 458 g/mol. The molecule has 0 unspecified atom stereocenters. The zero-order valence-electron chi connectivity index (χ0n) is 16.6. The smallest absolute Gasteiger partial charge is 0.321 e. The molecule has 0 radical (unpaired) electrons. The van der Waals surface area contributed by atoms with Crippen LogP contribution in [-0.2, 0) is 0 Å². The second-order valence-electron chi connectivity index (χ2n) is 6.57. The van der Waals surface area contributed by atoms with Crippen molar-refractivity contribution in [1.29, 1.82) is 0 Å². The Bertz CT molecular complexity index is 1180. The van der Waals surface area contributed by atoms with E-state index in [1.165, 1.54) is 0 Å². The van der Waals surface area contributed by atoms with Crippen LogP contribution in [0.15, 0.2) is 89.7 Å². The molecule has 154 valence electrons. The summed E-state index contributed by atoms with van der Waals surface area (Å²) in [7, 11) is 1.61. The summed E-state index contributed by atoms with van der Waals surface area (Å²) >= 11 is 3.40. The van der Waals surface area contributed by atoms with Crippen LogP contribution in [0.5, 0.6) is 17.5 Å². The van der Waals surface area contributed by atoms with E-state index in [9.17, 15) is 4.79 Å². The Kier molecular flexibility index (Phi) is 6.24. The molecule has 0 spiro atoms. The summed E-state index contributed by atoms with van der Waals surface area (Å²) in [5.74, 6) is 1.19. The molecule has 0 saturated carbocycles. The molecule has 0 atom stereocenters. The summed E-state index contributed by atoms with van der Waals surface area (Å²) in [6, 6.07) is 22.1. The number of anilines is 1. The molecule has 0 saturated heterocycles. The first-order chi connectivity index (χ1) is 15.1. The van der Waals surface area contributed by atoms with E-state index in [0.29, 0.717) is 11.3 Å². The topological polar surface area (TPSA) is 73.3 Å². The van der Waals surface area contributed by atoms with Crippen LogP contribution >= 0.6 is 15.9 Å². The molecule has 1 N–H and O–H groups in total. The maximum absolute atomic E-state index is 12.5. The summed E-state index contributed by atoms with van der Waals surface area (Å²) in [4.78, 5) is 21.0. The number of aromatic nitrogens is 2. The lowest BCUT2D eigenvalue weighted by Crippen LogP contribution is -2.11. The largest absolute Gasteiger partial charge is 0.497 e. The Morgan fingerprint density at radius 2 is 1.55 bits per heavy atom. The maximum Gasteiger partial charge on any atom is 0.321 e. The predicted molar refractivity (Wildman–Crippen MR) is 123 cm³/mol. The monoisotopic (exact) mass is 475 g/mol. The van der Waals surface area contributed by atoms with Gasteiger partial charge in [0, 0.05) is 33.7 Å². The third-order valence-electron chi connectivity index (χ3n) is 4.46. The number of hydrogen-bond donors (Lipinski definition) is 1. The van der Waals surface area contributed by atoms with Gasteiger partial charge in [0.25, 0.3) is 5.91 Å². The molecule has 0 bridgehead atoms. The van der Waals surface area contributed by atoms with E-state index in [2.05, 4.69) is 31.2 Å². The molecule has 4 aromatic rings. The van der Waals surface area contributed by atoms with Crippen molar-refractivity contribution in [3.05, 3.63) is 95.2 Å². The SMILES string of the molecule is COc1ccc(Oc2ncc(-c3ccc(C(=O)Nc4cccc(Br)c4)cc3)cn2)cc1. The second-order valence-corrected chi connectivity index (χ2v) is 7.49. The Labute approximate surface area is 188 Å². The number of ether oxygens (including phenoxy) is 2. The van der Waals surface area contributed by atoms with Gasteiger partial charge in [-0.3, -0.25) is 4.79 Å². The zero-order chi connectivity index (χ0) is 21.6. The number of benzene rings is 3. The molecule has 0 aliphatic heterocycles. The van der Waals surface area contributed by atoms with E-state index in [4.69, 9.17) is 9.47 Å². The fourth-order valence-electron chi connectivity index (χ4n) is 2.85. The normalized spacial score (nSPS) is 10.4. The summed E-state index contributed by atoms with van der Waals surface area (Å²) in [5, 5.41) is 2.88. The summed E-state index contributed by atoms with van der Waals surface area (Å²) in [6.45, 7) is 0. The van der Waals surface area contributed by atoms with Gasteiger partial charge in [0.1, 0.15) is 11.5 Å². The van der Waals surface area contributed by atoms with Crippen molar-refractivity contribution in [1.82, 2.24) is 9.97 Å². The van der Waals surface area contributed by atoms with E-state index in [0.717, 1.165) is 27.0 Å².